The fourth-order valence-electron chi connectivity index (χ4n) is 2.18. The second-order valence-electron chi connectivity index (χ2n) is 5.21. The number of carbonyl (C=O) groups is 2. The Kier molecular flexibility index (Phi) is 5.46. The minimum atomic E-state index is -0.663. The van der Waals surface area contributed by atoms with Crippen molar-refractivity contribution in [3.8, 4) is 5.75 Å². The lowest BCUT2D eigenvalue weighted by Gasteiger charge is -2.14. The Morgan fingerprint density at radius 2 is 1.87 bits per heavy atom. The number of hydrogen-bond acceptors (Lipinski definition) is 3. The molecule has 0 aliphatic carbocycles. The third-order valence-corrected chi connectivity index (χ3v) is 3.39. The molecule has 1 amide bonds. The Hall–Kier alpha value is -2.69. The van der Waals surface area contributed by atoms with Gasteiger partial charge in [0.25, 0.3) is 5.91 Å². The van der Waals surface area contributed by atoms with Crippen molar-refractivity contribution in [3.05, 3.63) is 65.5 Å². The number of methoxy groups -OCH3 is 1. The first-order valence-corrected chi connectivity index (χ1v) is 7.24. The second-order valence-corrected chi connectivity index (χ2v) is 5.21. The van der Waals surface area contributed by atoms with Gasteiger partial charge in [0.1, 0.15) is 11.6 Å². The van der Waals surface area contributed by atoms with Crippen LogP contribution in [0.15, 0.2) is 48.5 Å². The van der Waals surface area contributed by atoms with E-state index in [0.717, 1.165) is 6.07 Å². The number of amides is 1. The normalized spacial score (nSPS) is 11.6. The van der Waals surface area contributed by atoms with E-state index in [1.807, 2.05) is 6.07 Å². The monoisotopic (exact) mass is 315 g/mol. The third-order valence-electron chi connectivity index (χ3n) is 3.39. The molecule has 23 heavy (non-hydrogen) atoms. The zero-order valence-corrected chi connectivity index (χ0v) is 13.0. The molecule has 2 aromatic carbocycles. The molecule has 1 atom stereocenters. The molecule has 0 saturated heterocycles. The molecular weight excluding hydrogens is 297 g/mol. The van der Waals surface area contributed by atoms with Gasteiger partial charge in [-0.15, -0.1) is 0 Å². The molecule has 0 fully saturated rings. The summed E-state index contributed by atoms with van der Waals surface area (Å²) in [6.45, 7) is 1.71. The first kappa shape index (κ1) is 16.7. The van der Waals surface area contributed by atoms with E-state index in [-0.39, 0.29) is 17.8 Å². The molecule has 1 unspecified atom stereocenters. The minimum Gasteiger partial charge on any atom is -0.497 e. The Bertz CT molecular complexity index is 701. The summed E-state index contributed by atoms with van der Waals surface area (Å²) in [7, 11) is 1.42. The van der Waals surface area contributed by atoms with E-state index in [4.69, 9.17) is 4.74 Å². The maximum Gasteiger partial charge on any atom is 0.254 e. The summed E-state index contributed by atoms with van der Waals surface area (Å²) in [4.78, 5) is 24.2. The number of Topliss-reactive ketones (excluding diaryl/α,β-unsaturated/α-hetero) is 1. The average molecular weight is 315 g/mol. The molecule has 0 aliphatic rings. The Balaban J connectivity index is 1.98. The molecular formula is C18H18FNO3. The van der Waals surface area contributed by atoms with Crippen molar-refractivity contribution in [1.82, 2.24) is 5.32 Å². The highest BCUT2D eigenvalue weighted by atomic mass is 19.1. The van der Waals surface area contributed by atoms with E-state index in [1.165, 1.54) is 19.2 Å². The minimum absolute atomic E-state index is 0.0754. The summed E-state index contributed by atoms with van der Waals surface area (Å²) >= 11 is 0. The van der Waals surface area contributed by atoms with Gasteiger partial charge in [0.05, 0.1) is 12.7 Å². The molecule has 0 aromatic heterocycles. The van der Waals surface area contributed by atoms with Crippen LogP contribution in [0.25, 0.3) is 0 Å². The van der Waals surface area contributed by atoms with Crippen molar-refractivity contribution < 1.29 is 18.7 Å². The van der Waals surface area contributed by atoms with Gasteiger partial charge < -0.3 is 10.1 Å². The van der Waals surface area contributed by atoms with Crippen LogP contribution >= 0.6 is 0 Å². The number of ether oxygens (including phenoxy) is 1. The number of carbonyl (C=O) groups excluding carboxylic acids is 2. The van der Waals surface area contributed by atoms with E-state index in [2.05, 4.69) is 5.32 Å². The number of ketones is 1. The van der Waals surface area contributed by atoms with Crippen LogP contribution < -0.4 is 10.1 Å². The molecule has 120 valence electrons. The molecule has 0 spiro atoms. The van der Waals surface area contributed by atoms with Crippen LogP contribution in [-0.4, -0.2) is 24.8 Å². The molecule has 1 N–H and O–H groups in total. The van der Waals surface area contributed by atoms with Crippen molar-refractivity contribution in [2.24, 2.45) is 0 Å². The lowest BCUT2D eigenvalue weighted by atomic mass is 10.0. The van der Waals surface area contributed by atoms with Gasteiger partial charge in [0, 0.05) is 24.1 Å². The maximum absolute atomic E-state index is 13.9. The SMILES string of the molecule is COc1ccc(C(=O)NC(C)CC(=O)c2ccccc2)c(F)c1. The Morgan fingerprint density at radius 3 is 2.48 bits per heavy atom. The third kappa shape index (κ3) is 4.39. The second kappa shape index (κ2) is 7.54. The largest absolute Gasteiger partial charge is 0.497 e. The van der Waals surface area contributed by atoms with Gasteiger partial charge in [0.2, 0.25) is 0 Å². The zero-order chi connectivity index (χ0) is 16.8. The molecule has 0 aliphatic heterocycles. The van der Waals surface area contributed by atoms with Crippen molar-refractivity contribution >= 4 is 11.7 Å². The maximum atomic E-state index is 13.9. The Morgan fingerprint density at radius 1 is 1.17 bits per heavy atom. The summed E-state index contributed by atoms with van der Waals surface area (Å²) in [6, 6.07) is 12.4. The van der Waals surface area contributed by atoms with Crippen LogP contribution in [0, 0.1) is 5.82 Å². The highest BCUT2D eigenvalue weighted by molar-refractivity contribution is 5.98. The van der Waals surface area contributed by atoms with Gasteiger partial charge in [-0.2, -0.15) is 0 Å². The van der Waals surface area contributed by atoms with Gasteiger partial charge in [-0.25, -0.2) is 4.39 Å². The highest BCUT2D eigenvalue weighted by Gasteiger charge is 2.17. The lowest BCUT2D eigenvalue weighted by Crippen LogP contribution is -2.34. The summed E-state index contributed by atoms with van der Waals surface area (Å²) in [5, 5.41) is 2.63. The van der Waals surface area contributed by atoms with E-state index in [1.54, 1.807) is 31.2 Å². The molecule has 0 heterocycles. The van der Waals surface area contributed by atoms with Crippen molar-refractivity contribution in [2.45, 2.75) is 19.4 Å². The summed E-state index contributed by atoms with van der Waals surface area (Å²) < 4.78 is 18.8. The van der Waals surface area contributed by atoms with Crippen LogP contribution in [0.2, 0.25) is 0 Å². The quantitative estimate of drug-likeness (QED) is 0.833. The molecule has 5 heteroatoms. The number of nitrogens with one attached hydrogen (secondary N) is 1. The van der Waals surface area contributed by atoms with E-state index < -0.39 is 17.8 Å². The average Bonchev–Trinajstić information content (AvgIpc) is 2.55. The number of benzene rings is 2. The predicted molar refractivity (Wildman–Crippen MR) is 85.3 cm³/mol. The molecule has 0 radical (unpaired) electrons. The molecule has 0 saturated carbocycles. The molecule has 2 aromatic rings. The van der Waals surface area contributed by atoms with Crippen molar-refractivity contribution in [1.29, 1.82) is 0 Å². The molecule has 0 bridgehead atoms. The van der Waals surface area contributed by atoms with Gasteiger partial charge >= 0.3 is 0 Å². The number of rotatable bonds is 6. The van der Waals surface area contributed by atoms with Gasteiger partial charge in [-0.05, 0) is 19.1 Å². The van der Waals surface area contributed by atoms with E-state index in [0.29, 0.717) is 11.3 Å². The first-order valence-electron chi connectivity index (χ1n) is 7.24. The fourth-order valence-corrected chi connectivity index (χ4v) is 2.18. The van der Waals surface area contributed by atoms with Gasteiger partial charge in [-0.3, -0.25) is 9.59 Å². The predicted octanol–water partition coefficient (Wildman–Crippen LogP) is 3.23. The smallest absolute Gasteiger partial charge is 0.254 e. The molecule has 2 rings (SSSR count). The fraction of sp³-hybridized carbons (Fsp3) is 0.222. The van der Waals surface area contributed by atoms with Crippen LogP contribution in [0.3, 0.4) is 0 Å². The summed E-state index contributed by atoms with van der Waals surface area (Å²) in [6.07, 6.45) is 0.146. The van der Waals surface area contributed by atoms with Crippen LogP contribution in [-0.2, 0) is 0 Å². The van der Waals surface area contributed by atoms with Crippen molar-refractivity contribution in [3.63, 3.8) is 0 Å². The topological polar surface area (TPSA) is 55.4 Å². The lowest BCUT2D eigenvalue weighted by molar-refractivity contribution is 0.0915. The van der Waals surface area contributed by atoms with Crippen LogP contribution in [0.4, 0.5) is 4.39 Å². The van der Waals surface area contributed by atoms with E-state index in [9.17, 15) is 14.0 Å². The zero-order valence-electron chi connectivity index (χ0n) is 13.0. The summed E-state index contributed by atoms with van der Waals surface area (Å²) in [5.74, 6) is -0.957. The Labute approximate surface area is 134 Å². The van der Waals surface area contributed by atoms with Crippen LogP contribution in [0.1, 0.15) is 34.1 Å². The van der Waals surface area contributed by atoms with Gasteiger partial charge in [-0.1, -0.05) is 30.3 Å². The van der Waals surface area contributed by atoms with Crippen LogP contribution in [0.5, 0.6) is 5.75 Å². The highest BCUT2D eigenvalue weighted by Crippen LogP contribution is 2.16. The number of halogens is 1. The standard InChI is InChI=1S/C18H18FNO3/c1-12(10-17(21)13-6-4-3-5-7-13)20-18(22)15-9-8-14(23-2)11-16(15)19/h3-9,11-12H,10H2,1-2H3,(H,20,22). The number of hydrogen-bond donors (Lipinski definition) is 1. The van der Waals surface area contributed by atoms with Gasteiger partial charge in [0.15, 0.2) is 5.78 Å². The first-order chi connectivity index (χ1) is 11.0. The van der Waals surface area contributed by atoms with Crippen molar-refractivity contribution in [2.75, 3.05) is 7.11 Å². The molecule has 4 nitrogen and oxygen atoms in total. The van der Waals surface area contributed by atoms with E-state index >= 15 is 0 Å². The summed E-state index contributed by atoms with van der Waals surface area (Å²) in [5.41, 5.74) is 0.508.